The number of rotatable bonds is 2. The van der Waals surface area contributed by atoms with Crippen molar-refractivity contribution in [3.05, 3.63) is 21.8 Å². The lowest BCUT2D eigenvalue weighted by Gasteiger charge is -2.39. The van der Waals surface area contributed by atoms with E-state index >= 15 is 0 Å². The standard InChI is InChI=1S/C15H19IN4O2/c1-15(2,3)22-14(21)19-7-10(8-19)9-20-13-6-11(16)4-5-12(13)17-18-20/h4-6,10H,7-9H2,1-3H3. The van der Waals surface area contributed by atoms with Crippen molar-refractivity contribution in [3.63, 3.8) is 0 Å². The van der Waals surface area contributed by atoms with E-state index in [1.54, 1.807) is 4.90 Å². The maximum absolute atomic E-state index is 11.9. The van der Waals surface area contributed by atoms with Gasteiger partial charge in [-0.05, 0) is 61.6 Å². The highest BCUT2D eigenvalue weighted by Gasteiger charge is 2.34. The van der Waals surface area contributed by atoms with Crippen molar-refractivity contribution in [2.24, 2.45) is 5.92 Å². The number of carbonyl (C=O) groups excluding carboxylic acids is 1. The summed E-state index contributed by atoms with van der Waals surface area (Å²) in [5, 5.41) is 8.39. The van der Waals surface area contributed by atoms with Crippen molar-refractivity contribution in [1.29, 1.82) is 0 Å². The summed E-state index contributed by atoms with van der Waals surface area (Å²) in [6, 6.07) is 6.09. The predicted molar refractivity (Wildman–Crippen MR) is 91.5 cm³/mol. The Bertz CT molecular complexity index is 701. The van der Waals surface area contributed by atoms with E-state index in [2.05, 4.69) is 39.0 Å². The van der Waals surface area contributed by atoms with Gasteiger partial charge in [-0.1, -0.05) is 5.21 Å². The summed E-state index contributed by atoms with van der Waals surface area (Å²) >= 11 is 2.28. The number of aromatic nitrogens is 3. The van der Waals surface area contributed by atoms with Crippen molar-refractivity contribution in [2.75, 3.05) is 13.1 Å². The number of halogens is 1. The Morgan fingerprint density at radius 2 is 2.14 bits per heavy atom. The molecule has 1 aliphatic rings. The lowest BCUT2D eigenvalue weighted by atomic mass is 10.0. The van der Waals surface area contributed by atoms with Gasteiger partial charge in [-0.25, -0.2) is 9.48 Å². The number of nitrogens with zero attached hydrogens (tertiary/aromatic N) is 4. The quantitative estimate of drug-likeness (QED) is 0.710. The minimum Gasteiger partial charge on any atom is -0.444 e. The molecule has 1 fully saturated rings. The van der Waals surface area contributed by atoms with Gasteiger partial charge < -0.3 is 9.64 Å². The molecule has 0 radical (unpaired) electrons. The third-order valence-corrected chi connectivity index (χ3v) is 4.19. The number of fused-ring (bicyclic) bond motifs is 1. The van der Waals surface area contributed by atoms with Crippen LogP contribution in [-0.4, -0.2) is 44.7 Å². The highest BCUT2D eigenvalue weighted by atomic mass is 127. The molecule has 6 nitrogen and oxygen atoms in total. The minimum absolute atomic E-state index is 0.234. The van der Waals surface area contributed by atoms with E-state index in [0.29, 0.717) is 19.0 Å². The van der Waals surface area contributed by atoms with Gasteiger partial charge in [-0.15, -0.1) is 5.10 Å². The fraction of sp³-hybridized carbons (Fsp3) is 0.533. The van der Waals surface area contributed by atoms with Gasteiger partial charge in [0.05, 0.1) is 5.52 Å². The van der Waals surface area contributed by atoms with Gasteiger partial charge in [-0.2, -0.15) is 0 Å². The van der Waals surface area contributed by atoms with Crippen LogP contribution in [0.3, 0.4) is 0 Å². The summed E-state index contributed by atoms with van der Waals surface area (Å²) in [4.78, 5) is 13.6. The van der Waals surface area contributed by atoms with Crippen molar-refractivity contribution < 1.29 is 9.53 Å². The number of hydrogen-bond acceptors (Lipinski definition) is 4. The predicted octanol–water partition coefficient (Wildman–Crippen LogP) is 2.90. The van der Waals surface area contributed by atoms with Gasteiger partial charge in [0.25, 0.3) is 0 Å². The first kappa shape index (κ1) is 15.5. The van der Waals surface area contributed by atoms with Crippen molar-refractivity contribution in [2.45, 2.75) is 32.9 Å². The van der Waals surface area contributed by atoms with Crippen molar-refractivity contribution in [3.8, 4) is 0 Å². The van der Waals surface area contributed by atoms with Crippen LogP contribution in [0.1, 0.15) is 20.8 Å². The maximum Gasteiger partial charge on any atom is 0.410 e. The molecule has 1 aliphatic heterocycles. The lowest BCUT2D eigenvalue weighted by Crippen LogP contribution is -2.52. The van der Waals surface area contributed by atoms with Gasteiger partial charge in [0.1, 0.15) is 11.1 Å². The first-order chi connectivity index (χ1) is 10.3. The molecule has 3 rings (SSSR count). The molecule has 118 valence electrons. The van der Waals surface area contributed by atoms with E-state index in [0.717, 1.165) is 21.1 Å². The van der Waals surface area contributed by atoms with E-state index in [1.165, 1.54) is 0 Å². The van der Waals surface area contributed by atoms with E-state index in [1.807, 2.05) is 37.6 Å². The largest absolute Gasteiger partial charge is 0.444 e. The lowest BCUT2D eigenvalue weighted by molar-refractivity contribution is -0.00371. The Balaban J connectivity index is 1.60. The number of benzene rings is 1. The van der Waals surface area contributed by atoms with Crippen LogP contribution in [0, 0.1) is 9.49 Å². The smallest absolute Gasteiger partial charge is 0.410 e. The maximum atomic E-state index is 11.9. The molecule has 0 aliphatic carbocycles. The Kier molecular flexibility index (Phi) is 4.00. The summed E-state index contributed by atoms with van der Waals surface area (Å²) in [6.07, 6.45) is -0.234. The molecule has 7 heteroatoms. The molecule has 2 heterocycles. The average molecular weight is 414 g/mol. The molecule has 2 aromatic rings. The van der Waals surface area contributed by atoms with Crippen LogP contribution in [0.4, 0.5) is 4.79 Å². The molecule has 1 amide bonds. The summed E-state index contributed by atoms with van der Waals surface area (Å²) in [7, 11) is 0. The van der Waals surface area contributed by atoms with Gasteiger partial charge >= 0.3 is 6.09 Å². The third kappa shape index (κ3) is 3.34. The first-order valence-electron chi connectivity index (χ1n) is 7.28. The summed E-state index contributed by atoms with van der Waals surface area (Å²) in [5.74, 6) is 0.398. The Hall–Kier alpha value is -1.38. The second kappa shape index (κ2) is 5.68. The van der Waals surface area contributed by atoms with E-state index in [9.17, 15) is 4.79 Å². The van der Waals surface area contributed by atoms with E-state index < -0.39 is 5.60 Å². The third-order valence-electron chi connectivity index (χ3n) is 3.52. The number of hydrogen-bond donors (Lipinski definition) is 0. The van der Waals surface area contributed by atoms with E-state index in [4.69, 9.17) is 4.74 Å². The topological polar surface area (TPSA) is 60.2 Å². The first-order valence-corrected chi connectivity index (χ1v) is 8.36. The van der Waals surface area contributed by atoms with Gasteiger partial charge in [0, 0.05) is 29.1 Å². The van der Waals surface area contributed by atoms with Crippen LogP contribution >= 0.6 is 22.6 Å². The molecule has 0 atom stereocenters. The number of ether oxygens (including phenoxy) is 1. The highest BCUT2D eigenvalue weighted by Crippen LogP contribution is 2.23. The van der Waals surface area contributed by atoms with Crippen LogP contribution in [0.15, 0.2) is 18.2 Å². The van der Waals surface area contributed by atoms with Crippen LogP contribution in [0.5, 0.6) is 0 Å². The fourth-order valence-electron chi connectivity index (χ4n) is 2.48. The minimum atomic E-state index is -0.443. The zero-order valence-corrected chi connectivity index (χ0v) is 15.1. The molecule has 22 heavy (non-hydrogen) atoms. The number of likely N-dealkylation sites (tertiary alicyclic amines) is 1. The summed E-state index contributed by atoms with van der Waals surface area (Å²) < 4.78 is 8.45. The molecular formula is C15H19IN4O2. The van der Waals surface area contributed by atoms with Crippen LogP contribution in [0.2, 0.25) is 0 Å². The Morgan fingerprint density at radius 3 is 2.82 bits per heavy atom. The summed E-state index contributed by atoms with van der Waals surface area (Å²) in [5.41, 5.74) is 1.51. The van der Waals surface area contributed by atoms with E-state index in [-0.39, 0.29) is 6.09 Å². The molecule has 0 bridgehead atoms. The molecule has 1 aromatic heterocycles. The van der Waals surface area contributed by atoms with Crippen molar-refractivity contribution >= 4 is 39.7 Å². The van der Waals surface area contributed by atoms with Crippen LogP contribution < -0.4 is 0 Å². The van der Waals surface area contributed by atoms with Gasteiger partial charge in [0.15, 0.2) is 0 Å². The van der Waals surface area contributed by atoms with Crippen LogP contribution in [-0.2, 0) is 11.3 Å². The molecule has 0 N–H and O–H groups in total. The fourth-order valence-corrected chi connectivity index (χ4v) is 2.95. The monoisotopic (exact) mass is 414 g/mol. The molecule has 0 unspecified atom stereocenters. The summed E-state index contributed by atoms with van der Waals surface area (Å²) in [6.45, 7) is 7.83. The average Bonchev–Trinajstić information content (AvgIpc) is 2.73. The highest BCUT2D eigenvalue weighted by molar-refractivity contribution is 14.1. The molecule has 1 saturated heterocycles. The Labute approximate surface area is 142 Å². The molecule has 1 aromatic carbocycles. The van der Waals surface area contributed by atoms with Gasteiger partial charge in [0.2, 0.25) is 0 Å². The second-order valence-corrected chi connectivity index (χ2v) is 7.90. The normalized spacial score (nSPS) is 15.9. The van der Waals surface area contributed by atoms with Crippen LogP contribution in [0.25, 0.3) is 11.0 Å². The number of carbonyl (C=O) groups is 1. The van der Waals surface area contributed by atoms with Gasteiger partial charge in [-0.3, -0.25) is 0 Å². The molecular weight excluding hydrogens is 395 g/mol. The zero-order chi connectivity index (χ0) is 15.9. The number of amides is 1. The molecule has 0 spiro atoms. The second-order valence-electron chi connectivity index (χ2n) is 6.66. The SMILES string of the molecule is CC(C)(C)OC(=O)N1CC(Cn2nnc3ccc(I)cc32)C1. The Morgan fingerprint density at radius 1 is 1.41 bits per heavy atom. The van der Waals surface area contributed by atoms with Crippen molar-refractivity contribution in [1.82, 2.24) is 19.9 Å². The molecule has 0 saturated carbocycles. The zero-order valence-electron chi connectivity index (χ0n) is 12.9.